The Kier molecular flexibility index (Phi) is 4.68. The number of hydrogen-bond acceptors (Lipinski definition) is 3. The zero-order valence-corrected chi connectivity index (χ0v) is 10.9. The molecule has 0 bridgehead atoms. The van der Waals surface area contributed by atoms with Gasteiger partial charge in [0.2, 0.25) is 0 Å². The molecule has 6 heteroatoms. The monoisotopic (exact) mass is 280 g/mol. The van der Waals surface area contributed by atoms with Gasteiger partial charge in [-0.2, -0.15) is 0 Å². The quantitative estimate of drug-likeness (QED) is 0.724. The van der Waals surface area contributed by atoms with Crippen molar-refractivity contribution < 1.29 is 19.1 Å². The third-order valence-electron chi connectivity index (χ3n) is 3.47. The Balaban J connectivity index is 1.83. The maximum absolute atomic E-state index is 13.3. The molecule has 1 aliphatic carbocycles. The molecule has 2 rings (SSSR count). The topological polar surface area (TPSA) is 78.4 Å². The normalized spacial score (nSPS) is 21.5. The molecule has 2 amide bonds. The van der Waals surface area contributed by atoms with E-state index in [-0.39, 0.29) is 18.2 Å². The van der Waals surface area contributed by atoms with Crippen LogP contribution in [0, 0.1) is 11.7 Å². The molecule has 5 nitrogen and oxygen atoms in total. The number of para-hydroxylation sites is 1. The molecule has 1 aromatic carbocycles. The molecule has 0 aliphatic heterocycles. The van der Waals surface area contributed by atoms with Crippen LogP contribution in [0.25, 0.3) is 0 Å². The van der Waals surface area contributed by atoms with E-state index in [9.17, 15) is 19.1 Å². The molecule has 0 heterocycles. The van der Waals surface area contributed by atoms with Crippen LogP contribution < -0.4 is 10.6 Å². The first-order valence-corrected chi connectivity index (χ1v) is 6.59. The second kappa shape index (κ2) is 6.47. The lowest BCUT2D eigenvalue weighted by atomic mass is 10.1. The van der Waals surface area contributed by atoms with Crippen LogP contribution in [0.2, 0.25) is 0 Å². The number of amides is 2. The molecule has 2 unspecified atom stereocenters. The number of aliphatic hydroxyl groups is 1. The van der Waals surface area contributed by atoms with E-state index in [1.807, 2.05) is 0 Å². The van der Waals surface area contributed by atoms with Gasteiger partial charge in [-0.3, -0.25) is 9.59 Å². The lowest BCUT2D eigenvalue weighted by Gasteiger charge is -2.14. The van der Waals surface area contributed by atoms with Crippen LogP contribution in [0.3, 0.4) is 0 Å². The van der Waals surface area contributed by atoms with Gasteiger partial charge in [0.1, 0.15) is 5.82 Å². The fourth-order valence-corrected chi connectivity index (χ4v) is 2.30. The number of rotatable bonds is 3. The predicted molar refractivity (Wildman–Crippen MR) is 71.4 cm³/mol. The number of anilines is 1. The van der Waals surface area contributed by atoms with Gasteiger partial charge in [-0.15, -0.1) is 0 Å². The van der Waals surface area contributed by atoms with E-state index in [4.69, 9.17) is 0 Å². The molecular weight excluding hydrogens is 263 g/mol. The minimum atomic E-state index is -0.914. The summed E-state index contributed by atoms with van der Waals surface area (Å²) in [7, 11) is 0. The summed E-state index contributed by atoms with van der Waals surface area (Å²) in [4.78, 5) is 23.2. The molecule has 0 spiro atoms. The second-order valence-electron chi connectivity index (χ2n) is 4.90. The first-order chi connectivity index (χ1) is 9.58. The lowest BCUT2D eigenvalue weighted by molar-refractivity contribution is -0.136. The molecule has 108 valence electrons. The van der Waals surface area contributed by atoms with Gasteiger partial charge in [0.15, 0.2) is 0 Å². The molecule has 1 aliphatic rings. The highest BCUT2D eigenvalue weighted by Crippen LogP contribution is 2.24. The molecule has 1 fully saturated rings. The van der Waals surface area contributed by atoms with Crippen LogP contribution in [-0.2, 0) is 9.59 Å². The summed E-state index contributed by atoms with van der Waals surface area (Å²) in [6, 6.07) is 5.63. The smallest absolute Gasteiger partial charge is 0.313 e. The number of benzene rings is 1. The fourth-order valence-electron chi connectivity index (χ4n) is 2.30. The van der Waals surface area contributed by atoms with E-state index in [0.29, 0.717) is 0 Å². The van der Waals surface area contributed by atoms with Gasteiger partial charge in [0.25, 0.3) is 0 Å². The number of halogens is 1. The molecule has 0 saturated heterocycles. The third-order valence-corrected chi connectivity index (χ3v) is 3.47. The Morgan fingerprint density at radius 2 is 2.00 bits per heavy atom. The van der Waals surface area contributed by atoms with Gasteiger partial charge in [-0.05, 0) is 25.0 Å². The maximum Gasteiger partial charge on any atom is 0.313 e. The molecule has 2 atom stereocenters. The average molecular weight is 280 g/mol. The van der Waals surface area contributed by atoms with Gasteiger partial charge in [-0.25, -0.2) is 4.39 Å². The SMILES string of the molecule is O=C(NCC1CCCC1O)C(=O)Nc1ccccc1F. The minimum Gasteiger partial charge on any atom is -0.393 e. The molecule has 0 aromatic heterocycles. The summed E-state index contributed by atoms with van der Waals surface area (Å²) in [5, 5.41) is 14.3. The Hall–Kier alpha value is -1.95. The van der Waals surface area contributed by atoms with Crippen molar-refractivity contribution in [1.82, 2.24) is 5.32 Å². The average Bonchev–Trinajstić information content (AvgIpc) is 2.84. The fraction of sp³-hybridized carbons (Fsp3) is 0.429. The van der Waals surface area contributed by atoms with Crippen molar-refractivity contribution in [3.05, 3.63) is 30.1 Å². The first kappa shape index (κ1) is 14.5. The Morgan fingerprint density at radius 3 is 2.65 bits per heavy atom. The zero-order chi connectivity index (χ0) is 14.5. The lowest BCUT2D eigenvalue weighted by Crippen LogP contribution is -2.39. The highest BCUT2D eigenvalue weighted by Gasteiger charge is 2.26. The summed E-state index contributed by atoms with van der Waals surface area (Å²) in [6.07, 6.45) is 2.05. The van der Waals surface area contributed by atoms with Crippen molar-refractivity contribution in [2.45, 2.75) is 25.4 Å². The van der Waals surface area contributed by atoms with E-state index in [1.165, 1.54) is 18.2 Å². The third kappa shape index (κ3) is 3.54. The molecular formula is C14H17FN2O3. The van der Waals surface area contributed by atoms with Gasteiger partial charge in [0.05, 0.1) is 11.8 Å². The summed E-state index contributed by atoms with van der Waals surface area (Å²) < 4.78 is 13.3. The van der Waals surface area contributed by atoms with Crippen molar-refractivity contribution in [2.24, 2.45) is 5.92 Å². The molecule has 20 heavy (non-hydrogen) atoms. The zero-order valence-electron chi connectivity index (χ0n) is 10.9. The number of carbonyl (C=O) groups excluding carboxylic acids is 2. The largest absolute Gasteiger partial charge is 0.393 e. The number of hydrogen-bond donors (Lipinski definition) is 3. The Morgan fingerprint density at radius 1 is 1.25 bits per heavy atom. The van der Waals surface area contributed by atoms with E-state index in [1.54, 1.807) is 6.07 Å². The minimum absolute atomic E-state index is 0.0137. The van der Waals surface area contributed by atoms with Crippen LogP contribution in [0.5, 0.6) is 0 Å². The van der Waals surface area contributed by atoms with E-state index in [0.717, 1.165) is 19.3 Å². The van der Waals surface area contributed by atoms with Crippen molar-refractivity contribution in [3.63, 3.8) is 0 Å². The molecule has 1 aromatic rings. The van der Waals surface area contributed by atoms with Gasteiger partial charge < -0.3 is 15.7 Å². The van der Waals surface area contributed by atoms with Crippen LogP contribution >= 0.6 is 0 Å². The summed E-state index contributed by atoms with van der Waals surface area (Å²) in [5.41, 5.74) is -0.0337. The van der Waals surface area contributed by atoms with Crippen molar-refractivity contribution in [1.29, 1.82) is 0 Å². The molecule has 0 radical (unpaired) electrons. The molecule has 1 saturated carbocycles. The molecule has 3 N–H and O–H groups in total. The summed E-state index contributed by atoms with van der Waals surface area (Å²) >= 11 is 0. The predicted octanol–water partition coefficient (Wildman–Crippen LogP) is 1.04. The Labute approximate surface area is 116 Å². The van der Waals surface area contributed by atoms with E-state index >= 15 is 0 Å². The highest BCUT2D eigenvalue weighted by molar-refractivity contribution is 6.39. The standard InChI is InChI=1S/C14H17FN2O3/c15-10-5-1-2-6-11(10)17-14(20)13(19)16-8-9-4-3-7-12(9)18/h1-2,5-6,9,12,18H,3-4,7-8H2,(H,16,19)(H,17,20). The van der Waals surface area contributed by atoms with Gasteiger partial charge in [-0.1, -0.05) is 18.6 Å². The van der Waals surface area contributed by atoms with E-state index < -0.39 is 23.7 Å². The van der Waals surface area contributed by atoms with Crippen LogP contribution in [0.15, 0.2) is 24.3 Å². The Bertz CT molecular complexity index is 507. The van der Waals surface area contributed by atoms with Crippen LogP contribution in [0.1, 0.15) is 19.3 Å². The number of carbonyl (C=O) groups is 2. The summed E-state index contributed by atoms with van der Waals surface area (Å²) in [5.74, 6) is -2.35. The van der Waals surface area contributed by atoms with Crippen molar-refractivity contribution >= 4 is 17.5 Å². The van der Waals surface area contributed by atoms with Crippen molar-refractivity contribution in [2.75, 3.05) is 11.9 Å². The van der Waals surface area contributed by atoms with Gasteiger partial charge in [0, 0.05) is 12.5 Å². The van der Waals surface area contributed by atoms with E-state index in [2.05, 4.69) is 10.6 Å². The highest BCUT2D eigenvalue weighted by atomic mass is 19.1. The van der Waals surface area contributed by atoms with Crippen LogP contribution in [-0.4, -0.2) is 29.6 Å². The number of nitrogens with one attached hydrogen (secondary N) is 2. The number of aliphatic hydroxyl groups excluding tert-OH is 1. The second-order valence-corrected chi connectivity index (χ2v) is 4.90. The maximum atomic E-state index is 13.3. The van der Waals surface area contributed by atoms with Crippen molar-refractivity contribution in [3.8, 4) is 0 Å². The summed E-state index contributed by atoms with van der Waals surface area (Å²) in [6.45, 7) is 0.255. The first-order valence-electron chi connectivity index (χ1n) is 6.59. The van der Waals surface area contributed by atoms with Crippen LogP contribution in [0.4, 0.5) is 10.1 Å². The van der Waals surface area contributed by atoms with Gasteiger partial charge >= 0.3 is 11.8 Å².